The van der Waals surface area contributed by atoms with Crippen molar-refractivity contribution in [3.63, 3.8) is 0 Å². The lowest BCUT2D eigenvalue weighted by atomic mass is 10.3. The third-order valence-corrected chi connectivity index (χ3v) is 3.48. The summed E-state index contributed by atoms with van der Waals surface area (Å²) in [7, 11) is 0. The first kappa shape index (κ1) is 6.70. The first-order valence-electron chi connectivity index (χ1n) is 3.34. The lowest BCUT2D eigenvalue weighted by molar-refractivity contribution is 0.753. The monoisotopic (exact) mass is 171 g/mol. The van der Waals surface area contributed by atoms with Gasteiger partial charge in [-0.15, -0.1) is 11.8 Å². The molecule has 2 heterocycles. The normalized spacial score (nSPS) is 25.4. The van der Waals surface area contributed by atoms with Crippen LogP contribution in [0.2, 0.25) is 0 Å². The Kier molecular flexibility index (Phi) is 1.97. The van der Waals surface area contributed by atoms with Gasteiger partial charge in [0.2, 0.25) is 0 Å². The molecule has 1 unspecified atom stereocenters. The highest BCUT2D eigenvalue weighted by Crippen LogP contribution is 2.30. The van der Waals surface area contributed by atoms with Crippen LogP contribution in [0.1, 0.15) is 10.9 Å². The van der Waals surface area contributed by atoms with Gasteiger partial charge in [-0.05, 0) is 22.4 Å². The smallest absolute Gasteiger partial charge is 0.0798 e. The van der Waals surface area contributed by atoms with E-state index in [0.29, 0.717) is 5.37 Å². The number of thiophene rings is 1. The predicted octanol–water partition coefficient (Wildman–Crippen LogP) is 2.08. The Morgan fingerprint density at radius 3 is 3.20 bits per heavy atom. The van der Waals surface area contributed by atoms with E-state index in [2.05, 4.69) is 22.1 Å². The average Bonchev–Trinajstić information content (AvgIpc) is 2.59. The third-order valence-electron chi connectivity index (χ3n) is 1.56. The topological polar surface area (TPSA) is 12.0 Å². The van der Waals surface area contributed by atoms with Crippen molar-refractivity contribution in [1.82, 2.24) is 5.32 Å². The van der Waals surface area contributed by atoms with Gasteiger partial charge in [0.25, 0.3) is 0 Å². The molecule has 0 amide bonds. The minimum Gasteiger partial charge on any atom is -0.301 e. The van der Waals surface area contributed by atoms with E-state index < -0.39 is 0 Å². The number of hydrogen-bond acceptors (Lipinski definition) is 3. The molecular weight excluding hydrogens is 162 g/mol. The highest BCUT2D eigenvalue weighted by molar-refractivity contribution is 7.99. The molecule has 2 rings (SSSR count). The van der Waals surface area contributed by atoms with Crippen molar-refractivity contribution < 1.29 is 0 Å². The molecule has 0 bridgehead atoms. The summed E-state index contributed by atoms with van der Waals surface area (Å²) in [6, 6.07) is 2.20. The molecule has 1 nitrogen and oxygen atoms in total. The van der Waals surface area contributed by atoms with Crippen LogP contribution in [-0.4, -0.2) is 12.3 Å². The Labute approximate surface area is 68.8 Å². The Morgan fingerprint density at radius 2 is 2.60 bits per heavy atom. The van der Waals surface area contributed by atoms with Crippen molar-refractivity contribution in [2.75, 3.05) is 12.3 Å². The molecule has 1 atom stereocenters. The van der Waals surface area contributed by atoms with Crippen LogP contribution >= 0.6 is 23.1 Å². The molecule has 0 spiro atoms. The third kappa shape index (κ3) is 1.21. The molecule has 3 heteroatoms. The number of hydrogen-bond donors (Lipinski definition) is 1. The van der Waals surface area contributed by atoms with Gasteiger partial charge in [0.05, 0.1) is 5.37 Å². The zero-order valence-electron chi connectivity index (χ0n) is 5.54. The maximum absolute atomic E-state index is 3.43. The summed E-state index contributed by atoms with van der Waals surface area (Å²) in [5.74, 6) is 1.25. The summed E-state index contributed by atoms with van der Waals surface area (Å²) >= 11 is 3.77. The van der Waals surface area contributed by atoms with Gasteiger partial charge in [-0.1, -0.05) is 0 Å². The van der Waals surface area contributed by atoms with E-state index in [-0.39, 0.29) is 0 Å². The summed E-state index contributed by atoms with van der Waals surface area (Å²) in [5.41, 5.74) is 1.44. The highest BCUT2D eigenvalue weighted by atomic mass is 32.2. The van der Waals surface area contributed by atoms with Gasteiger partial charge >= 0.3 is 0 Å². The number of thioether (sulfide) groups is 1. The highest BCUT2D eigenvalue weighted by Gasteiger charge is 2.15. The standard InChI is InChI=1S/C7H9NS2/c1-3-9-5-6(1)7-8-2-4-10-7/h1,3,5,7-8H,2,4H2. The van der Waals surface area contributed by atoms with Crippen LogP contribution in [-0.2, 0) is 0 Å². The Bertz CT molecular complexity index is 189. The second-order valence-corrected chi connectivity index (χ2v) is 4.25. The molecule has 10 heavy (non-hydrogen) atoms. The van der Waals surface area contributed by atoms with Crippen molar-refractivity contribution in [3.05, 3.63) is 22.4 Å². The minimum atomic E-state index is 0.575. The largest absolute Gasteiger partial charge is 0.301 e. The summed E-state index contributed by atoms with van der Waals surface area (Å²) in [4.78, 5) is 0. The maximum atomic E-state index is 3.43. The first-order valence-corrected chi connectivity index (χ1v) is 5.33. The lowest BCUT2D eigenvalue weighted by Gasteiger charge is -2.04. The van der Waals surface area contributed by atoms with Crippen LogP contribution in [0.4, 0.5) is 0 Å². The van der Waals surface area contributed by atoms with Gasteiger partial charge < -0.3 is 5.32 Å². The molecule has 1 fully saturated rings. The second-order valence-electron chi connectivity index (χ2n) is 2.26. The van der Waals surface area contributed by atoms with Gasteiger partial charge in [-0.3, -0.25) is 0 Å². The fraction of sp³-hybridized carbons (Fsp3) is 0.429. The molecule has 1 aromatic heterocycles. The second kappa shape index (κ2) is 2.95. The van der Waals surface area contributed by atoms with Gasteiger partial charge in [-0.2, -0.15) is 11.3 Å². The SMILES string of the molecule is c1cc(C2NCCS2)cs1. The fourth-order valence-electron chi connectivity index (χ4n) is 1.06. The zero-order chi connectivity index (χ0) is 6.81. The molecule has 1 N–H and O–H groups in total. The predicted molar refractivity (Wildman–Crippen MR) is 47.5 cm³/mol. The lowest BCUT2D eigenvalue weighted by Crippen LogP contribution is -2.10. The van der Waals surface area contributed by atoms with Crippen molar-refractivity contribution in [3.8, 4) is 0 Å². The molecule has 54 valence electrons. The van der Waals surface area contributed by atoms with Crippen molar-refractivity contribution in [2.24, 2.45) is 0 Å². The van der Waals surface area contributed by atoms with Gasteiger partial charge in [0.1, 0.15) is 0 Å². The van der Waals surface area contributed by atoms with Crippen molar-refractivity contribution in [2.45, 2.75) is 5.37 Å². The van der Waals surface area contributed by atoms with E-state index in [4.69, 9.17) is 0 Å². The fourth-order valence-corrected chi connectivity index (χ4v) is 2.88. The van der Waals surface area contributed by atoms with E-state index in [0.717, 1.165) is 6.54 Å². The van der Waals surface area contributed by atoms with Crippen molar-refractivity contribution in [1.29, 1.82) is 0 Å². The summed E-state index contributed by atoms with van der Waals surface area (Å²) in [5, 5.41) is 8.36. The first-order chi connectivity index (χ1) is 4.97. The molecule has 1 aromatic rings. The van der Waals surface area contributed by atoms with E-state index >= 15 is 0 Å². The minimum absolute atomic E-state index is 0.575. The Morgan fingerprint density at radius 1 is 1.60 bits per heavy atom. The average molecular weight is 171 g/mol. The molecule has 1 aliphatic rings. The van der Waals surface area contributed by atoms with Gasteiger partial charge in [0, 0.05) is 12.3 Å². The number of nitrogens with one attached hydrogen (secondary N) is 1. The van der Waals surface area contributed by atoms with Crippen LogP contribution in [0.5, 0.6) is 0 Å². The molecule has 1 saturated heterocycles. The van der Waals surface area contributed by atoms with Gasteiger partial charge in [0.15, 0.2) is 0 Å². The van der Waals surface area contributed by atoms with E-state index in [1.807, 2.05) is 11.8 Å². The van der Waals surface area contributed by atoms with E-state index in [9.17, 15) is 0 Å². The summed E-state index contributed by atoms with van der Waals surface area (Å²) in [6.45, 7) is 1.16. The van der Waals surface area contributed by atoms with E-state index in [1.165, 1.54) is 11.3 Å². The Balaban J connectivity index is 2.12. The summed E-state index contributed by atoms with van der Waals surface area (Å²) < 4.78 is 0. The van der Waals surface area contributed by atoms with Gasteiger partial charge in [-0.25, -0.2) is 0 Å². The molecule has 0 aromatic carbocycles. The molecule has 0 saturated carbocycles. The van der Waals surface area contributed by atoms with E-state index in [1.54, 1.807) is 11.3 Å². The number of rotatable bonds is 1. The summed E-state index contributed by atoms with van der Waals surface area (Å²) in [6.07, 6.45) is 0. The molecule has 1 aliphatic heterocycles. The van der Waals surface area contributed by atoms with Crippen LogP contribution in [0.3, 0.4) is 0 Å². The molecule has 0 radical (unpaired) electrons. The Hall–Kier alpha value is 0.01000. The maximum Gasteiger partial charge on any atom is 0.0798 e. The molecular formula is C7H9NS2. The zero-order valence-corrected chi connectivity index (χ0v) is 7.17. The van der Waals surface area contributed by atoms with Crippen molar-refractivity contribution >= 4 is 23.1 Å². The molecule has 0 aliphatic carbocycles. The van der Waals surface area contributed by atoms with Crippen LogP contribution in [0.15, 0.2) is 16.8 Å². The quantitative estimate of drug-likeness (QED) is 0.694. The van der Waals surface area contributed by atoms with Crippen LogP contribution in [0, 0.1) is 0 Å². The van der Waals surface area contributed by atoms with Crippen LogP contribution < -0.4 is 5.32 Å². The van der Waals surface area contributed by atoms with Crippen LogP contribution in [0.25, 0.3) is 0 Å².